The maximum atomic E-state index is 12.4. The van der Waals surface area contributed by atoms with Crippen LogP contribution in [0.15, 0.2) is 41.2 Å². The molecule has 1 aromatic heterocycles. The minimum atomic E-state index is -0.691. The largest absolute Gasteiger partial charge is 0.493 e. The number of carbonyl (C=O) groups is 2. The second kappa shape index (κ2) is 9.66. The number of hydrogen-bond acceptors (Lipinski definition) is 5. The maximum Gasteiger partial charge on any atom is 0.255 e. The molecule has 0 aliphatic rings. The van der Waals surface area contributed by atoms with Crippen LogP contribution < -0.4 is 20.1 Å². The van der Waals surface area contributed by atoms with Gasteiger partial charge in [0.25, 0.3) is 5.91 Å². The molecule has 2 N–H and O–H groups in total. The number of carbonyl (C=O) groups excluding carboxylic acids is 2. The Hall–Kier alpha value is -2.96. The Morgan fingerprint density at radius 1 is 1.15 bits per heavy atom. The number of hydrogen-bond donors (Lipinski definition) is 2. The van der Waals surface area contributed by atoms with Crippen LogP contribution in [0, 0.1) is 0 Å². The number of ether oxygens (including phenoxy) is 2. The first-order valence-corrected chi connectivity index (χ1v) is 8.90. The summed E-state index contributed by atoms with van der Waals surface area (Å²) >= 11 is 0. The van der Waals surface area contributed by atoms with Gasteiger partial charge in [-0.15, -0.1) is 0 Å². The molecule has 7 heteroatoms. The summed E-state index contributed by atoms with van der Waals surface area (Å²) in [6.07, 6.45) is 3.64. The molecule has 1 heterocycles. The van der Waals surface area contributed by atoms with Gasteiger partial charge in [0.05, 0.1) is 31.6 Å². The summed E-state index contributed by atoms with van der Waals surface area (Å²) in [5, 5.41) is 5.53. The van der Waals surface area contributed by atoms with E-state index in [1.807, 2.05) is 32.0 Å². The summed E-state index contributed by atoms with van der Waals surface area (Å²) in [5.74, 6) is 0.633. The van der Waals surface area contributed by atoms with E-state index in [1.165, 1.54) is 18.6 Å². The molecule has 0 fully saturated rings. The van der Waals surface area contributed by atoms with Gasteiger partial charge in [0.15, 0.2) is 11.5 Å². The van der Waals surface area contributed by atoms with Crippen molar-refractivity contribution < 1.29 is 23.5 Å². The Bertz CT molecular complexity index is 758. The van der Waals surface area contributed by atoms with E-state index in [-0.39, 0.29) is 17.9 Å². The average molecular weight is 374 g/mol. The van der Waals surface area contributed by atoms with Crippen LogP contribution in [0.1, 0.15) is 49.2 Å². The van der Waals surface area contributed by atoms with Crippen molar-refractivity contribution in [2.24, 2.45) is 0 Å². The summed E-state index contributed by atoms with van der Waals surface area (Å²) < 4.78 is 15.9. The smallest absolute Gasteiger partial charge is 0.255 e. The molecule has 0 radical (unpaired) electrons. The summed E-state index contributed by atoms with van der Waals surface area (Å²) in [7, 11) is 1.58. The zero-order valence-electron chi connectivity index (χ0n) is 16.1. The molecule has 0 aliphatic heterocycles. The summed E-state index contributed by atoms with van der Waals surface area (Å²) in [5.41, 5.74) is 1.24. The van der Waals surface area contributed by atoms with E-state index in [4.69, 9.17) is 13.9 Å². The minimum Gasteiger partial charge on any atom is -0.493 e. The lowest BCUT2D eigenvalue weighted by Crippen LogP contribution is -2.45. The van der Waals surface area contributed by atoms with Crippen LogP contribution in [0.2, 0.25) is 0 Å². The Morgan fingerprint density at radius 2 is 1.93 bits per heavy atom. The summed E-state index contributed by atoms with van der Waals surface area (Å²) in [6.45, 7) is 6.13. The highest BCUT2D eigenvalue weighted by atomic mass is 16.5. The molecule has 2 aromatic rings. The van der Waals surface area contributed by atoms with Crippen molar-refractivity contribution >= 4 is 11.8 Å². The van der Waals surface area contributed by atoms with Gasteiger partial charge in [-0.25, -0.2) is 0 Å². The summed E-state index contributed by atoms with van der Waals surface area (Å²) in [6, 6.07) is 6.13. The average Bonchev–Trinajstić information content (AvgIpc) is 3.20. The van der Waals surface area contributed by atoms with Gasteiger partial charge in [-0.1, -0.05) is 13.0 Å². The molecule has 0 saturated carbocycles. The fraction of sp³-hybridized carbons (Fsp3) is 0.400. The highest BCUT2D eigenvalue weighted by molar-refractivity contribution is 5.97. The molecule has 1 aromatic carbocycles. The lowest BCUT2D eigenvalue weighted by atomic mass is 10.1. The standard InChI is InChI=1S/C20H26N2O5/c1-5-9-27-17-7-6-15(11-18(17)25-4)13(2)21-19(23)14(3)22-20(24)16-8-10-26-12-16/h6-8,10-14H,5,9H2,1-4H3,(H,21,23)(H,22,24). The highest BCUT2D eigenvalue weighted by Crippen LogP contribution is 2.30. The second-order valence-corrected chi connectivity index (χ2v) is 6.20. The predicted octanol–water partition coefficient (Wildman–Crippen LogP) is 3.07. The lowest BCUT2D eigenvalue weighted by molar-refractivity contribution is -0.123. The van der Waals surface area contributed by atoms with Gasteiger partial charge in [-0.2, -0.15) is 0 Å². The molecule has 2 amide bonds. The van der Waals surface area contributed by atoms with E-state index in [0.717, 1.165) is 12.0 Å². The Kier molecular flexibility index (Phi) is 7.28. The Balaban J connectivity index is 1.97. The highest BCUT2D eigenvalue weighted by Gasteiger charge is 2.20. The Labute approximate surface area is 159 Å². The molecular formula is C20H26N2O5. The normalized spacial score (nSPS) is 12.7. The quantitative estimate of drug-likeness (QED) is 0.704. The van der Waals surface area contributed by atoms with E-state index < -0.39 is 6.04 Å². The first-order chi connectivity index (χ1) is 13.0. The van der Waals surface area contributed by atoms with Crippen LogP contribution in [0.3, 0.4) is 0 Å². The van der Waals surface area contributed by atoms with Crippen molar-refractivity contribution in [3.05, 3.63) is 47.9 Å². The van der Waals surface area contributed by atoms with Crippen LogP contribution in [-0.4, -0.2) is 31.6 Å². The maximum absolute atomic E-state index is 12.4. The van der Waals surface area contributed by atoms with Crippen molar-refractivity contribution in [3.8, 4) is 11.5 Å². The molecule has 0 spiro atoms. The number of rotatable bonds is 9. The third-order valence-corrected chi connectivity index (χ3v) is 4.03. The monoisotopic (exact) mass is 374 g/mol. The Morgan fingerprint density at radius 3 is 2.56 bits per heavy atom. The number of nitrogens with one attached hydrogen (secondary N) is 2. The van der Waals surface area contributed by atoms with Gasteiger partial charge in [0.2, 0.25) is 5.91 Å². The van der Waals surface area contributed by atoms with Gasteiger partial charge < -0.3 is 24.5 Å². The molecule has 0 saturated heterocycles. The third kappa shape index (κ3) is 5.51. The van der Waals surface area contributed by atoms with Crippen LogP contribution in [-0.2, 0) is 4.79 Å². The predicted molar refractivity (Wildman–Crippen MR) is 101 cm³/mol. The van der Waals surface area contributed by atoms with Gasteiger partial charge >= 0.3 is 0 Å². The number of benzene rings is 1. The van der Waals surface area contributed by atoms with Crippen molar-refractivity contribution in [2.75, 3.05) is 13.7 Å². The first-order valence-electron chi connectivity index (χ1n) is 8.90. The van der Waals surface area contributed by atoms with Crippen molar-refractivity contribution in [1.82, 2.24) is 10.6 Å². The second-order valence-electron chi connectivity index (χ2n) is 6.20. The van der Waals surface area contributed by atoms with Crippen LogP contribution in [0.5, 0.6) is 11.5 Å². The molecule has 2 atom stereocenters. The zero-order chi connectivity index (χ0) is 19.8. The van der Waals surface area contributed by atoms with Crippen molar-refractivity contribution in [2.45, 2.75) is 39.3 Å². The molecule has 0 aliphatic carbocycles. The van der Waals surface area contributed by atoms with Gasteiger partial charge in [0.1, 0.15) is 12.3 Å². The fourth-order valence-corrected chi connectivity index (χ4v) is 2.45. The molecule has 2 rings (SSSR count). The van der Waals surface area contributed by atoms with E-state index >= 15 is 0 Å². The van der Waals surface area contributed by atoms with Crippen molar-refractivity contribution in [3.63, 3.8) is 0 Å². The van der Waals surface area contributed by atoms with E-state index in [1.54, 1.807) is 14.0 Å². The number of methoxy groups -OCH3 is 1. The molecule has 7 nitrogen and oxygen atoms in total. The van der Waals surface area contributed by atoms with Crippen LogP contribution in [0.25, 0.3) is 0 Å². The molecule has 146 valence electrons. The number of furan rings is 1. The van der Waals surface area contributed by atoms with Gasteiger partial charge in [-0.05, 0) is 44.0 Å². The van der Waals surface area contributed by atoms with Gasteiger partial charge in [-0.3, -0.25) is 9.59 Å². The molecule has 0 bridgehead atoms. The summed E-state index contributed by atoms with van der Waals surface area (Å²) in [4.78, 5) is 24.4. The number of amides is 2. The zero-order valence-corrected chi connectivity index (χ0v) is 16.1. The molecular weight excluding hydrogens is 348 g/mol. The molecule has 2 unspecified atom stereocenters. The van der Waals surface area contributed by atoms with Gasteiger partial charge in [0, 0.05) is 0 Å². The molecule has 27 heavy (non-hydrogen) atoms. The first kappa shape index (κ1) is 20.4. The van der Waals surface area contributed by atoms with E-state index in [0.29, 0.717) is 23.7 Å². The SMILES string of the molecule is CCCOc1ccc(C(C)NC(=O)C(C)NC(=O)c2ccoc2)cc1OC. The van der Waals surface area contributed by atoms with E-state index in [2.05, 4.69) is 10.6 Å². The minimum absolute atomic E-state index is 0.264. The topological polar surface area (TPSA) is 89.8 Å². The lowest BCUT2D eigenvalue weighted by Gasteiger charge is -2.20. The van der Waals surface area contributed by atoms with Crippen LogP contribution >= 0.6 is 0 Å². The third-order valence-electron chi connectivity index (χ3n) is 4.03. The van der Waals surface area contributed by atoms with E-state index in [9.17, 15) is 9.59 Å². The van der Waals surface area contributed by atoms with Crippen molar-refractivity contribution in [1.29, 1.82) is 0 Å². The fourth-order valence-electron chi connectivity index (χ4n) is 2.45. The van der Waals surface area contributed by atoms with Crippen LogP contribution in [0.4, 0.5) is 0 Å².